The molecular weight excluding hydrogens is 1070 g/mol. The second kappa shape index (κ2) is 48.9. The Morgan fingerprint density at radius 3 is 0.821 bits per heavy atom. The Labute approximate surface area is 533 Å². The molecule has 0 amide bonds. The highest BCUT2D eigenvalue weighted by Crippen LogP contribution is 2.40. The molecule has 0 saturated heterocycles. The molecule has 0 fully saturated rings. The van der Waals surface area contributed by atoms with Crippen LogP contribution in [0.4, 0.5) is 0 Å². The second-order valence-electron chi connectivity index (χ2n) is 27.7. The lowest BCUT2D eigenvalue weighted by atomic mass is 10.0. The number of fused-ring (bicyclic) bond motifs is 3. The molecule has 0 atom stereocenters. The molecule has 3 heterocycles. The van der Waals surface area contributed by atoms with Gasteiger partial charge in [-0.3, -0.25) is 0 Å². The third-order valence-electron chi connectivity index (χ3n) is 20.0. The molecule has 0 bridgehead atoms. The van der Waals surface area contributed by atoms with Crippen molar-refractivity contribution in [3.63, 3.8) is 0 Å². The summed E-state index contributed by atoms with van der Waals surface area (Å²) in [6.45, 7) is 9.25. The van der Waals surface area contributed by atoms with Gasteiger partial charge in [-0.1, -0.05) is 397 Å². The molecule has 2 aromatic carbocycles. The molecule has 5 rings (SSSR count). The minimum Gasteiger partial charge on any atom is -0.144 e. The first kappa shape index (κ1) is 72.8. The Hall–Kier alpha value is -1.94. The fourth-order valence-corrected chi connectivity index (χ4v) is 22.1. The largest absolute Gasteiger partial charge is 0.144 e. The quantitative estimate of drug-likeness (QED) is 0.0305. The molecule has 0 saturated carbocycles. The van der Waals surface area contributed by atoms with Gasteiger partial charge in [0.1, 0.15) is 8.07 Å². The van der Waals surface area contributed by atoms with Gasteiger partial charge >= 0.3 is 0 Å². The Morgan fingerprint density at radius 1 is 0.274 bits per heavy atom. The molecular formula is C81H136S2Si. The van der Waals surface area contributed by atoms with E-state index in [1.807, 2.05) is 22.7 Å². The molecule has 0 unspecified atom stereocenters. The number of aryl methyl sites for hydroxylation is 2. The standard InChI is InChI=1S/C81H136S2Si/c1-5-8-11-14-17-20-23-26-29-32-35-38-41-44-47-50-53-56-59-73-67-79(83-71-73)75-61-63-77-76-62-60-74(78-66-72(4)70-82-78)68-80(76)84(81(77)69-75,64-57-54-51-48-45-42-39-36-33-30-27-24-21-18-15-12-9-6-2)65-58-55-52-49-46-43-40-37-34-31-28-25-22-19-16-13-10-7-3/h60-63,66-71H,5-59,64-65H2,1-4H3. The first-order valence-electron chi connectivity index (χ1n) is 38.0. The van der Waals surface area contributed by atoms with E-state index in [1.165, 1.54) is 392 Å². The zero-order chi connectivity index (χ0) is 59.1. The minimum absolute atomic E-state index is 1.24. The van der Waals surface area contributed by atoms with Crippen molar-refractivity contribution >= 4 is 41.1 Å². The smallest absolute Gasteiger partial charge is 0.119 e. The molecule has 476 valence electrons. The van der Waals surface area contributed by atoms with Crippen molar-refractivity contribution in [2.24, 2.45) is 0 Å². The first-order chi connectivity index (χ1) is 41.6. The third kappa shape index (κ3) is 30.5. The summed E-state index contributed by atoms with van der Waals surface area (Å²) in [7, 11) is -2.06. The van der Waals surface area contributed by atoms with Crippen LogP contribution in [-0.4, -0.2) is 8.07 Å². The average molecular weight is 1200 g/mol. The van der Waals surface area contributed by atoms with Crippen molar-refractivity contribution in [3.8, 4) is 32.0 Å². The molecule has 0 aliphatic carbocycles. The van der Waals surface area contributed by atoms with Gasteiger partial charge in [0, 0.05) is 9.75 Å². The molecule has 1 aliphatic heterocycles. The van der Waals surface area contributed by atoms with E-state index in [4.69, 9.17) is 0 Å². The second-order valence-corrected chi connectivity index (χ2v) is 33.8. The van der Waals surface area contributed by atoms with Crippen LogP contribution in [0.5, 0.6) is 0 Å². The summed E-state index contributed by atoms with van der Waals surface area (Å²) in [5.41, 5.74) is 9.13. The van der Waals surface area contributed by atoms with E-state index in [-0.39, 0.29) is 0 Å². The van der Waals surface area contributed by atoms with Crippen molar-refractivity contribution in [3.05, 3.63) is 70.4 Å². The van der Waals surface area contributed by atoms with Crippen LogP contribution in [0.1, 0.15) is 379 Å². The molecule has 2 aromatic heterocycles. The van der Waals surface area contributed by atoms with E-state index in [1.54, 1.807) is 27.1 Å². The summed E-state index contributed by atoms with van der Waals surface area (Å²) in [4.78, 5) is 2.96. The summed E-state index contributed by atoms with van der Waals surface area (Å²) >= 11 is 3.97. The van der Waals surface area contributed by atoms with E-state index in [2.05, 4.69) is 87.0 Å². The van der Waals surface area contributed by atoms with Crippen LogP contribution in [-0.2, 0) is 6.42 Å². The molecule has 84 heavy (non-hydrogen) atoms. The summed E-state index contributed by atoms with van der Waals surface area (Å²) in [5.74, 6) is 0. The Kier molecular flexibility index (Phi) is 42.4. The third-order valence-corrected chi connectivity index (χ3v) is 27.5. The van der Waals surface area contributed by atoms with E-state index >= 15 is 0 Å². The minimum atomic E-state index is -2.06. The van der Waals surface area contributed by atoms with E-state index < -0.39 is 8.07 Å². The molecule has 0 N–H and O–H groups in total. The summed E-state index contributed by atoms with van der Waals surface area (Å²) in [6.07, 6.45) is 79.2. The summed E-state index contributed by atoms with van der Waals surface area (Å²) in [5, 5.41) is 8.47. The van der Waals surface area contributed by atoms with Crippen LogP contribution in [0.25, 0.3) is 32.0 Å². The van der Waals surface area contributed by atoms with Gasteiger partial charge in [-0.2, -0.15) is 0 Å². The van der Waals surface area contributed by atoms with Gasteiger partial charge in [-0.25, -0.2) is 0 Å². The maximum atomic E-state index is 2.78. The van der Waals surface area contributed by atoms with Gasteiger partial charge in [0.2, 0.25) is 0 Å². The van der Waals surface area contributed by atoms with E-state index in [0.717, 1.165) is 0 Å². The molecule has 3 heteroatoms. The maximum Gasteiger partial charge on any atom is 0.119 e. The Morgan fingerprint density at radius 2 is 0.536 bits per heavy atom. The van der Waals surface area contributed by atoms with E-state index in [9.17, 15) is 0 Å². The van der Waals surface area contributed by atoms with Gasteiger partial charge < -0.3 is 0 Å². The fourth-order valence-electron chi connectivity index (χ4n) is 14.6. The monoisotopic (exact) mass is 1200 g/mol. The highest BCUT2D eigenvalue weighted by atomic mass is 32.1. The predicted octanol–water partition coefficient (Wildman–Crippen LogP) is 28.7. The van der Waals surface area contributed by atoms with Crippen LogP contribution in [0, 0.1) is 6.92 Å². The highest BCUT2D eigenvalue weighted by Gasteiger charge is 2.45. The lowest BCUT2D eigenvalue weighted by Gasteiger charge is -2.31. The number of unbranched alkanes of at least 4 members (excludes halogenated alkanes) is 51. The van der Waals surface area contributed by atoms with Crippen molar-refractivity contribution in [2.75, 3.05) is 0 Å². The molecule has 0 spiro atoms. The average Bonchev–Trinajstić information content (AvgIpc) is 1.65. The topological polar surface area (TPSA) is 0 Å². The Balaban J connectivity index is 1.12. The maximum absolute atomic E-state index is 2.78. The SMILES string of the molecule is CCCCCCCCCCCCCCCCCCCCc1csc(-c2ccc3c(c2)[Si](CCCCCCCCCCCCCCCCCCCC)(CCCCCCCCCCCCCCCCCCCC)c2cc(-c4cc(C)cs4)ccc2-3)c1. The Bertz CT molecular complexity index is 2100. The van der Waals surface area contributed by atoms with Crippen molar-refractivity contribution in [1.29, 1.82) is 0 Å². The zero-order valence-corrected chi connectivity index (χ0v) is 59.0. The van der Waals surface area contributed by atoms with Crippen molar-refractivity contribution in [2.45, 2.75) is 393 Å². The highest BCUT2D eigenvalue weighted by molar-refractivity contribution is 7.14. The van der Waals surface area contributed by atoms with E-state index in [0.29, 0.717) is 0 Å². The van der Waals surface area contributed by atoms with Crippen LogP contribution >= 0.6 is 22.7 Å². The van der Waals surface area contributed by atoms with Gasteiger partial charge in [0.05, 0.1) is 0 Å². The summed E-state index contributed by atoms with van der Waals surface area (Å²) in [6, 6.07) is 23.6. The number of thiophene rings is 2. The predicted molar refractivity (Wildman–Crippen MR) is 388 cm³/mol. The lowest BCUT2D eigenvalue weighted by Crippen LogP contribution is -2.55. The van der Waals surface area contributed by atoms with Crippen LogP contribution < -0.4 is 10.4 Å². The number of hydrogen-bond acceptors (Lipinski definition) is 2. The van der Waals surface area contributed by atoms with Crippen LogP contribution in [0.3, 0.4) is 0 Å². The molecule has 0 nitrogen and oxygen atoms in total. The number of hydrogen-bond donors (Lipinski definition) is 0. The van der Waals surface area contributed by atoms with Crippen LogP contribution in [0.2, 0.25) is 12.1 Å². The first-order valence-corrected chi connectivity index (χ1v) is 42.2. The van der Waals surface area contributed by atoms with Crippen molar-refractivity contribution in [1.82, 2.24) is 0 Å². The normalized spacial score (nSPS) is 12.7. The van der Waals surface area contributed by atoms with Crippen molar-refractivity contribution < 1.29 is 0 Å². The number of rotatable bonds is 59. The lowest BCUT2D eigenvalue weighted by molar-refractivity contribution is 0.525. The number of benzene rings is 2. The fraction of sp³-hybridized carbons (Fsp3) is 0.753. The molecule has 1 aliphatic rings. The molecule has 0 radical (unpaired) electrons. The van der Waals surface area contributed by atoms with Gasteiger partial charge in [-0.15, -0.1) is 22.7 Å². The zero-order valence-electron chi connectivity index (χ0n) is 56.4. The van der Waals surface area contributed by atoms with Crippen LogP contribution in [0.15, 0.2) is 59.3 Å². The van der Waals surface area contributed by atoms with Gasteiger partial charge in [0.25, 0.3) is 0 Å². The van der Waals surface area contributed by atoms with Gasteiger partial charge in [0.15, 0.2) is 0 Å². The summed E-state index contributed by atoms with van der Waals surface area (Å²) < 4.78 is 0. The molecule has 4 aromatic rings. The van der Waals surface area contributed by atoms with Gasteiger partial charge in [-0.05, 0) is 98.5 Å².